The highest BCUT2D eigenvalue weighted by Crippen LogP contribution is 2.30. The van der Waals surface area contributed by atoms with Gasteiger partial charge in [0, 0.05) is 29.1 Å². The average molecular weight is 423 g/mol. The highest BCUT2D eigenvalue weighted by Gasteiger charge is 2.18. The number of hydrogen-bond donors (Lipinski definition) is 4. The summed E-state index contributed by atoms with van der Waals surface area (Å²) in [5.41, 5.74) is 4.56. The summed E-state index contributed by atoms with van der Waals surface area (Å²) in [6.07, 6.45) is 0. The van der Waals surface area contributed by atoms with Gasteiger partial charge in [0.2, 0.25) is 0 Å². The molecule has 4 N–H and O–H groups in total. The molecule has 1 heterocycles. The summed E-state index contributed by atoms with van der Waals surface area (Å²) < 4.78 is 10.8. The van der Waals surface area contributed by atoms with Crippen LogP contribution in [0.15, 0.2) is 48.5 Å². The van der Waals surface area contributed by atoms with E-state index in [1.165, 1.54) is 0 Å². The number of methoxy groups -OCH3 is 1. The number of nitrogens with one attached hydrogen (secondary N) is 3. The molecule has 3 rings (SSSR count). The second-order valence-corrected chi connectivity index (χ2v) is 6.63. The smallest absolute Gasteiger partial charge is 0.272 e. The van der Waals surface area contributed by atoms with E-state index in [1.54, 1.807) is 31.4 Å². The Hall–Kier alpha value is -3.38. The minimum atomic E-state index is -0.303. The van der Waals surface area contributed by atoms with Gasteiger partial charge in [-0.15, -0.1) is 0 Å². The first-order valence-corrected chi connectivity index (χ1v) is 9.59. The van der Waals surface area contributed by atoms with Crippen molar-refractivity contribution in [3.63, 3.8) is 0 Å². The number of carbonyl (C=O) groups is 1. The summed E-state index contributed by atoms with van der Waals surface area (Å²) in [6.45, 7) is 0.928. The SMILES string of the molecule is COCCOc1c(C(=O)NCC#Cc2ccc(C(=S)NO)cc2)[nH]c2ccccc12. The predicted molar refractivity (Wildman–Crippen MR) is 118 cm³/mol. The summed E-state index contributed by atoms with van der Waals surface area (Å²) in [7, 11) is 1.59. The predicted octanol–water partition coefficient (Wildman–Crippen LogP) is 2.63. The molecule has 0 aliphatic carbocycles. The van der Waals surface area contributed by atoms with Crippen LogP contribution in [-0.4, -0.2) is 48.0 Å². The monoisotopic (exact) mass is 423 g/mol. The lowest BCUT2D eigenvalue weighted by molar-refractivity contribution is 0.0947. The maximum Gasteiger partial charge on any atom is 0.272 e. The van der Waals surface area contributed by atoms with Crippen LogP contribution in [0.25, 0.3) is 10.9 Å². The normalized spacial score (nSPS) is 10.2. The van der Waals surface area contributed by atoms with E-state index < -0.39 is 0 Å². The standard InChI is InChI=1S/C22H21N3O4S/c1-28-13-14-29-20-17-6-2-3-7-18(17)24-19(20)21(26)23-12-4-5-15-8-10-16(11-9-15)22(30)25-27/h2-3,6-11,24,27H,12-14H2,1H3,(H,23,26)(H,25,30). The molecule has 0 bridgehead atoms. The van der Waals surface area contributed by atoms with E-state index in [4.69, 9.17) is 26.9 Å². The van der Waals surface area contributed by atoms with Crippen LogP contribution in [0.2, 0.25) is 0 Å². The van der Waals surface area contributed by atoms with Crippen LogP contribution in [0.1, 0.15) is 21.6 Å². The second kappa shape index (κ2) is 10.4. The summed E-state index contributed by atoms with van der Waals surface area (Å²) >= 11 is 4.95. The molecule has 3 aromatic rings. The Labute approximate surface area is 179 Å². The number of amides is 1. The van der Waals surface area contributed by atoms with Crippen LogP contribution < -0.4 is 15.5 Å². The molecular weight excluding hydrogens is 402 g/mol. The first-order chi connectivity index (χ1) is 14.6. The fourth-order valence-electron chi connectivity index (χ4n) is 2.78. The van der Waals surface area contributed by atoms with Crippen molar-refractivity contribution in [1.82, 2.24) is 15.8 Å². The molecule has 0 spiro atoms. The van der Waals surface area contributed by atoms with E-state index in [9.17, 15) is 4.79 Å². The van der Waals surface area contributed by atoms with Gasteiger partial charge in [-0.05, 0) is 24.3 Å². The van der Waals surface area contributed by atoms with Crippen molar-refractivity contribution < 1.29 is 19.5 Å². The summed E-state index contributed by atoms with van der Waals surface area (Å²) in [6, 6.07) is 14.6. The number of ether oxygens (including phenoxy) is 2. The third-order valence-corrected chi connectivity index (χ3v) is 4.57. The molecule has 0 saturated heterocycles. The van der Waals surface area contributed by atoms with Gasteiger partial charge in [-0.25, -0.2) is 0 Å². The van der Waals surface area contributed by atoms with Gasteiger partial charge in [-0.2, -0.15) is 0 Å². The first-order valence-electron chi connectivity index (χ1n) is 9.18. The number of aromatic amines is 1. The number of hydroxylamine groups is 1. The molecule has 1 aromatic heterocycles. The molecule has 8 heteroatoms. The molecule has 0 fully saturated rings. The van der Waals surface area contributed by atoms with Crippen LogP contribution in [0.5, 0.6) is 5.75 Å². The van der Waals surface area contributed by atoms with Gasteiger partial charge in [0.25, 0.3) is 5.91 Å². The summed E-state index contributed by atoms with van der Waals surface area (Å²) in [5, 5.41) is 12.4. The molecule has 0 unspecified atom stereocenters. The van der Waals surface area contributed by atoms with Gasteiger partial charge in [0.1, 0.15) is 17.3 Å². The van der Waals surface area contributed by atoms with E-state index in [1.807, 2.05) is 29.7 Å². The number of carbonyl (C=O) groups excluding carboxylic acids is 1. The number of H-pyrrole nitrogens is 1. The van der Waals surface area contributed by atoms with Crippen molar-refractivity contribution in [3.8, 4) is 17.6 Å². The third kappa shape index (κ3) is 5.15. The fourth-order valence-corrected chi connectivity index (χ4v) is 2.92. The fraction of sp³-hybridized carbons (Fsp3) is 0.182. The van der Waals surface area contributed by atoms with Crippen LogP contribution >= 0.6 is 12.2 Å². The Bertz CT molecular complexity index is 1100. The maximum absolute atomic E-state index is 12.7. The molecule has 1 amide bonds. The lowest BCUT2D eigenvalue weighted by Gasteiger charge is -2.07. The number of benzene rings is 2. The molecule has 0 aliphatic rings. The molecular formula is C22H21N3O4S. The minimum absolute atomic E-state index is 0.171. The molecule has 154 valence electrons. The van der Waals surface area contributed by atoms with Gasteiger partial charge < -0.3 is 19.8 Å². The zero-order valence-corrected chi connectivity index (χ0v) is 17.1. The Kier molecular flexibility index (Phi) is 7.40. The van der Waals surface area contributed by atoms with Crippen molar-refractivity contribution in [2.24, 2.45) is 0 Å². The molecule has 0 radical (unpaired) electrons. The molecule has 0 saturated carbocycles. The van der Waals surface area contributed by atoms with Gasteiger partial charge >= 0.3 is 0 Å². The highest BCUT2D eigenvalue weighted by atomic mass is 32.1. The van der Waals surface area contributed by atoms with Crippen LogP contribution in [0, 0.1) is 11.8 Å². The van der Waals surface area contributed by atoms with Crippen molar-refractivity contribution in [2.75, 3.05) is 26.9 Å². The number of rotatable bonds is 7. The van der Waals surface area contributed by atoms with Crippen molar-refractivity contribution >= 4 is 34.0 Å². The van der Waals surface area contributed by atoms with E-state index >= 15 is 0 Å². The number of thiocarbonyl (C=S) groups is 1. The van der Waals surface area contributed by atoms with Crippen molar-refractivity contribution in [1.29, 1.82) is 0 Å². The van der Waals surface area contributed by atoms with Gasteiger partial charge in [0.15, 0.2) is 5.75 Å². The van der Waals surface area contributed by atoms with E-state index in [0.717, 1.165) is 16.5 Å². The topological polar surface area (TPSA) is 95.6 Å². The highest BCUT2D eigenvalue weighted by molar-refractivity contribution is 7.80. The van der Waals surface area contributed by atoms with Crippen LogP contribution in [-0.2, 0) is 4.74 Å². The van der Waals surface area contributed by atoms with Crippen molar-refractivity contribution in [3.05, 3.63) is 65.4 Å². The number of hydrogen-bond acceptors (Lipinski definition) is 5. The van der Waals surface area contributed by atoms with Crippen LogP contribution in [0.3, 0.4) is 0 Å². The Morgan fingerprint density at radius 3 is 2.67 bits per heavy atom. The van der Waals surface area contributed by atoms with Gasteiger partial charge in [-0.1, -0.05) is 48.3 Å². The molecule has 30 heavy (non-hydrogen) atoms. The Morgan fingerprint density at radius 1 is 1.17 bits per heavy atom. The number of aromatic nitrogens is 1. The zero-order chi connectivity index (χ0) is 21.3. The first kappa shape index (κ1) is 21.3. The summed E-state index contributed by atoms with van der Waals surface area (Å²) in [5.74, 6) is 6.08. The Morgan fingerprint density at radius 2 is 1.93 bits per heavy atom. The van der Waals surface area contributed by atoms with E-state index in [2.05, 4.69) is 22.1 Å². The summed E-state index contributed by atoms with van der Waals surface area (Å²) in [4.78, 5) is 16.0. The maximum atomic E-state index is 12.7. The number of fused-ring (bicyclic) bond motifs is 1. The minimum Gasteiger partial charge on any atom is -0.488 e. The second-order valence-electron chi connectivity index (χ2n) is 6.22. The van der Waals surface area contributed by atoms with Crippen LogP contribution in [0.4, 0.5) is 0 Å². The quantitative estimate of drug-likeness (QED) is 0.202. The lowest BCUT2D eigenvalue weighted by Crippen LogP contribution is -2.24. The van der Waals surface area contributed by atoms with Crippen molar-refractivity contribution in [2.45, 2.75) is 0 Å². The van der Waals surface area contributed by atoms with E-state index in [-0.39, 0.29) is 17.4 Å². The lowest BCUT2D eigenvalue weighted by atomic mass is 10.1. The number of para-hydroxylation sites is 1. The molecule has 7 nitrogen and oxygen atoms in total. The molecule has 0 atom stereocenters. The third-order valence-electron chi connectivity index (χ3n) is 4.24. The largest absolute Gasteiger partial charge is 0.488 e. The molecule has 0 aliphatic heterocycles. The zero-order valence-electron chi connectivity index (χ0n) is 16.3. The van der Waals surface area contributed by atoms with Gasteiger partial charge in [-0.3, -0.25) is 15.5 Å². The average Bonchev–Trinajstić information content (AvgIpc) is 3.15. The Balaban J connectivity index is 1.67. The van der Waals surface area contributed by atoms with E-state index in [0.29, 0.717) is 30.2 Å². The van der Waals surface area contributed by atoms with Gasteiger partial charge in [0.05, 0.1) is 13.2 Å². The molecule has 2 aromatic carbocycles.